The van der Waals surface area contributed by atoms with Crippen molar-refractivity contribution in [2.45, 2.75) is 18.9 Å². The smallest absolute Gasteiger partial charge is 0.212 e. The molecule has 0 saturated heterocycles. The number of rotatable bonds is 10. The van der Waals surface area contributed by atoms with Gasteiger partial charge < -0.3 is 15.8 Å². The van der Waals surface area contributed by atoms with Gasteiger partial charge in [0, 0.05) is 19.7 Å². The Morgan fingerprint density at radius 3 is 2.62 bits per heavy atom. The van der Waals surface area contributed by atoms with E-state index in [1.54, 1.807) is 7.11 Å². The summed E-state index contributed by atoms with van der Waals surface area (Å²) < 4.78 is 29.6. The van der Waals surface area contributed by atoms with Crippen LogP contribution in [-0.4, -0.2) is 54.1 Å². The molecular weight excluding hydrogens is 230 g/mol. The molecule has 0 heterocycles. The quantitative estimate of drug-likeness (QED) is 0.458. The van der Waals surface area contributed by atoms with E-state index in [1.807, 2.05) is 0 Å². The maximum atomic E-state index is 11.2. The van der Waals surface area contributed by atoms with E-state index in [1.165, 1.54) is 7.05 Å². The Hall–Kier alpha value is -0.210. The Morgan fingerprint density at radius 1 is 1.44 bits per heavy atom. The molecular formula is C9H23N3O3S. The molecule has 0 bridgehead atoms. The van der Waals surface area contributed by atoms with Gasteiger partial charge in [0.15, 0.2) is 0 Å². The van der Waals surface area contributed by atoms with Gasteiger partial charge in [-0.15, -0.1) is 0 Å². The standard InChI is InChI=1S/C9H23N3O3S/c1-11-16(13,14)7-6-12-9(8-15-2)4-3-5-10/h9,11-12H,3-8,10H2,1-2H3. The lowest BCUT2D eigenvalue weighted by Crippen LogP contribution is -2.38. The van der Waals surface area contributed by atoms with Gasteiger partial charge in [0.25, 0.3) is 0 Å². The number of hydrogen-bond donors (Lipinski definition) is 3. The summed E-state index contributed by atoms with van der Waals surface area (Å²) in [4.78, 5) is 0. The zero-order chi connectivity index (χ0) is 12.4. The van der Waals surface area contributed by atoms with E-state index in [-0.39, 0.29) is 11.8 Å². The van der Waals surface area contributed by atoms with Gasteiger partial charge in [0.2, 0.25) is 10.0 Å². The van der Waals surface area contributed by atoms with Gasteiger partial charge in [0.1, 0.15) is 0 Å². The lowest BCUT2D eigenvalue weighted by Gasteiger charge is -2.17. The summed E-state index contributed by atoms with van der Waals surface area (Å²) >= 11 is 0. The first-order valence-electron chi connectivity index (χ1n) is 5.39. The van der Waals surface area contributed by atoms with Crippen LogP contribution in [0.25, 0.3) is 0 Å². The molecule has 16 heavy (non-hydrogen) atoms. The third-order valence-corrected chi connectivity index (χ3v) is 3.60. The van der Waals surface area contributed by atoms with Crippen LogP contribution < -0.4 is 15.8 Å². The van der Waals surface area contributed by atoms with E-state index in [4.69, 9.17) is 10.5 Å². The monoisotopic (exact) mass is 253 g/mol. The number of sulfonamides is 1. The summed E-state index contributed by atoms with van der Waals surface area (Å²) in [6.07, 6.45) is 1.80. The van der Waals surface area contributed by atoms with Gasteiger partial charge in [-0.1, -0.05) is 0 Å². The topological polar surface area (TPSA) is 93.5 Å². The minimum absolute atomic E-state index is 0.0757. The number of ether oxygens (including phenoxy) is 1. The third-order valence-electron chi connectivity index (χ3n) is 2.24. The van der Waals surface area contributed by atoms with Crippen LogP contribution >= 0.6 is 0 Å². The highest BCUT2D eigenvalue weighted by molar-refractivity contribution is 7.89. The van der Waals surface area contributed by atoms with E-state index in [2.05, 4.69) is 10.0 Å². The minimum Gasteiger partial charge on any atom is -0.383 e. The van der Waals surface area contributed by atoms with E-state index >= 15 is 0 Å². The molecule has 0 aliphatic rings. The molecule has 0 amide bonds. The van der Waals surface area contributed by atoms with E-state index in [0.29, 0.717) is 19.7 Å². The maximum absolute atomic E-state index is 11.2. The molecule has 0 aromatic rings. The summed E-state index contributed by atoms with van der Waals surface area (Å²) in [5, 5.41) is 3.15. The highest BCUT2D eigenvalue weighted by atomic mass is 32.2. The number of methoxy groups -OCH3 is 1. The van der Waals surface area contributed by atoms with Gasteiger partial charge in [0.05, 0.1) is 12.4 Å². The molecule has 6 nitrogen and oxygen atoms in total. The molecule has 1 unspecified atom stereocenters. The third kappa shape index (κ3) is 8.00. The van der Waals surface area contributed by atoms with Crippen molar-refractivity contribution in [3.8, 4) is 0 Å². The molecule has 0 aliphatic heterocycles. The number of nitrogens with two attached hydrogens (primary N) is 1. The Morgan fingerprint density at radius 2 is 2.12 bits per heavy atom. The van der Waals surface area contributed by atoms with Crippen LogP contribution in [0.2, 0.25) is 0 Å². The minimum atomic E-state index is -3.13. The molecule has 0 aromatic heterocycles. The Kier molecular flexibility index (Phi) is 8.77. The summed E-state index contributed by atoms with van der Waals surface area (Å²) in [6.45, 7) is 1.62. The highest BCUT2D eigenvalue weighted by Gasteiger charge is 2.10. The van der Waals surface area contributed by atoms with E-state index in [9.17, 15) is 8.42 Å². The first-order chi connectivity index (χ1) is 7.55. The lowest BCUT2D eigenvalue weighted by atomic mass is 10.1. The molecule has 0 aliphatic carbocycles. The number of nitrogens with one attached hydrogen (secondary N) is 2. The Bertz CT molecular complexity index is 257. The first-order valence-corrected chi connectivity index (χ1v) is 7.04. The molecule has 4 N–H and O–H groups in total. The van der Waals surface area contributed by atoms with Crippen LogP contribution in [0.4, 0.5) is 0 Å². The first kappa shape index (κ1) is 15.8. The lowest BCUT2D eigenvalue weighted by molar-refractivity contribution is 0.162. The van der Waals surface area contributed by atoms with Crippen molar-refractivity contribution >= 4 is 10.0 Å². The van der Waals surface area contributed by atoms with Crippen molar-refractivity contribution in [1.29, 1.82) is 0 Å². The molecule has 7 heteroatoms. The highest BCUT2D eigenvalue weighted by Crippen LogP contribution is 1.96. The van der Waals surface area contributed by atoms with Crippen molar-refractivity contribution in [2.75, 3.05) is 39.6 Å². The largest absolute Gasteiger partial charge is 0.383 e. The molecule has 0 saturated carbocycles. The average Bonchev–Trinajstić information content (AvgIpc) is 2.25. The predicted molar refractivity (Wildman–Crippen MR) is 64.8 cm³/mol. The molecule has 0 spiro atoms. The van der Waals surface area contributed by atoms with Crippen molar-refractivity contribution in [3.63, 3.8) is 0 Å². The van der Waals surface area contributed by atoms with Crippen molar-refractivity contribution < 1.29 is 13.2 Å². The fourth-order valence-corrected chi connectivity index (χ4v) is 1.90. The summed E-state index contributed by atoms with van der Waals surface area (Å²) in [5.74, 6) is 0.0757. The van der Waals surface area contributed by atoms with E-state index in [0.717, 1.165) is 12.8 Å². The van der Waals surface area contributed by atoms with Crippen molar-refractivity contribution in [1.82, 2.24) is 10.0 Å². The number of hydrogen-bond acceptors (Lipinski definition) is 5. The fraction of sp³-hybridized carbons (Fsp3) is 1.00. The van der Waals surface area contributed by atoms with Gasteiger partial charge in [-0.2, -0.15) is 0 Å². The Labute approximate surface area is 98.0 Å². The molecule has 0 radical (unpaired) electrons. The van der Waals surface area contributed by atoms with Crippen molar-refractivity contribution in [3.05, 3.63) is 0 Å². The van der Waals surface area contributed by atoms with Crippen LogP contribution in [-0.2, 0) is 14.8 Å². The van der Waals surface area contributed by atoms with Crippen LogP contribution in [0.5, 0.6) is 0 Å². The zero-order valence-corrected chi connectivity index (χ0v) is 10.8. The van der Waals surface area contributed by atoms with Crippen LogP contribution in [0.3, 0.4) is 0 Å². The molecule has 98 valence electrons. The zero-order valence-electron chi connectivity index (χ0n) is 10.0. The van der Waals surface area contributed by atoms with Gasteiger partial charge in [-0.3, -0.25) is 0 Å². The van der Waals surface area contributed by atoms with Crippen molar-refractivity contribution in [2.24, 2.45) is 5.73 Å². The van der Waals surface area contributed by atoms with Crippen LogP contribution in [0, 0.1) is 0 Å². The molecule has 1 atom stereocenters. The summed E-state index contributed by atoms with van der Waals surface area (Å²) in [6, 6.07) is 0.167. The van der Waals surface area contributed by atoms with Gasteiger partial charge in [-0.05, 0) is 26.4 Å². The van der Waals surface area contributed by atoms with Crippen LogP contribution in [0.15, 0.2) is 0 Å². The molecule has 0 fully saturated rings. The summed E-state index contributed by atoms with van der Waals surface area (Å²) in [5.41, 5.74) is 5.42. The van der Waals surface area contributed by atoms with Gasteiger partial charge >= 0.3 is 0 Å². The predicted octanol–water partition coefficient (Wildman–Crippen LogP) is -1.12. The normalized spacial score (nSPS) is 13.9. The fourth-order valence-electron chi connectivity index (χ4n) is 1.31. The van der Waals surface area contributed by atoms with Crippen LogP contribution in [0.1, 0.15) is 12.8 Å². The Balaban J connectivity index is 3.83. The average molecular weight is 253 g/mol. The molecule has 0 rings (SSSR count). The maximum Gasteiger partial charge on any atom is 0.212 e. The second-order valence-corrected chi connectivity index (χ2v) is 5.61. The summed E-state index contributed by atoms with van der Waals surface area (Å²) in [7, 11) is -0.0891. The van der Waals surface area contributed by atoms with E-state index < -0.39 is 10.0 Å². The second kappa shape index (κ2) is 8.89. The van der Waals surface area contributed by atoms with Gasteiger partial charge in [-0.25, -0.2) is 13.1 Å². The molecule has 0 aromatic carbocycles. The second-order valence-electron chi connectivity index (χ2n) is 3.56. The SMILES string of the molecule is CNS(=O)(=O)CCNC(CCCN)COC.